The Morgan fingerprint density at radius 1 is 1.06 bits per heavy atom. The number of likely N-dealkylation sites (N-methyl/N-ethyl adjacent to an activating group) is 1. The first-order valence-electron chi connectivity index (χ1n) is 11.6. The summed E-state index contributed by atoms with van der Waals surface area (Å²) in [6, 6.07) is 16.5. The molecule has 1 aromatic heterocycles. The molecule has 0 saturated carbocycles. The van der Waals surface area contributed by atoms with Crippen LogP contribution >= 0.6 is 0 Å². The van der Waals surface area contributed by atoms with E-state index in [9.17, 15) is 14.7 Å². The fraction of sp³-hybridized carbons (Fsp3) is 0.222. The van der Waals surface area contributed by atoms with Crippen LogP contribution in [0.3, 0.4) is 0 Å². The number of aromatic carboxylic acids is 1. The average Bonchev–Trinajstić information content (AvgIpc) is 3.20. The molecular formula is C27H27N5O3. The highest BCUT2D eigenvalue weighted by molar-refractivity contribution is 6.37. The highest BCUT2D eigenvalue weighted by Crippen LogP contribution is 2.38. The molecule has 35 heavy (non-hydrogen) atoms. The van der Waals surface area contributed by atoms with Gasteiger partial charge in [-0.25, -0.2) is 4.79 Å². The molecule has 1 fully saturated rings. The van der Waals surface area contributed by atoms with E-state index in [0.29, 0.717) is 22.5 Å². The van der Waals surface area contributed by atoms with E-state index in [1.165, 1.54) is 17.7 Å². The van der Waals surface area contributed by atoms with Crippen molar-refractivity contribution in [2.45, 2.75) is 6.54 Å². The van der Waals surface area contributed by atoms with Crippen molar-refractivity contribution in [3.63, 3.8) is 0 Å². The van der Waals surface area contributed by atoms with Gasteiger partial charge in [0.25, 0.3) is 5.91 Å². The van der Waals surface area contributed by atoms with Crippen LogP contribution in [0.1, 0.15) is 27.0 Å². The van der Waals surface area contributed by atoms with Crippen molar-refractivity contribution in [1.82, 2.24) is 14.8 Å². The number of benzene rings is 2. The number of hydrogen-bond donors (Lipinski definition) is 3. The average molecular weight is 470 g/mol. The number of nitrogens with zero attached hydrogens (tertiary/aromatic N) is 3. The van der Waals surface area contributed by atoms with Crippen LogP contribution in [0.5, 0.6) is 0 Å². The van der Waals surface area contributed by atoms with Gasteiger partial charge in [-0.3, -0.25) is 14.7 Å². The molecule has 3 N–H and O–H groups in total. The third kappa shape index (κ3) is 4.94. The second kappa shape index (κ2) is 9.69. The lowest BCUT2D eigenvalue weighted by Gasteiger charge is -2.32. The molecule has 0 atom stereocenters. The fourth-order valence-electron chi connectivity index (χ4n) is 4.44. The fourth-order valence-corrected chi connectivity index (χ4v) is 4.44. The minimum absolute atomic E-state index is 0.122. The zero-order valence-electron chi connectivity index (χ0n) is 19.5. The van der Waals surface area contributed by atoms with E-state index >= 15 is 0 Å². The zero-order valence-corrected chi connectivity index (χ0v) is 19.5. The molecule has 1 saturated heterocycles. The summed E-state index contributed by atoms with van der Waals surface area (Å²) in [4.78, 5) is 33.6. The van der Waals surface area contributed by atoms with Crippen LogP contribution in [0, 0.1) is 0 Å². The zero-order chi connectivity index (χ0) is 24.4. The first-order valence-corrected chi connectivity index (χ1v) is 11.6. The summed E-state index contributed by atoms with van der Waals surface area (Å²) in [7, 11) is 2.15. The van der Waals surface area contributed by atoms with Crippen LogP contribution in [0.2, 0.25) is 0 Å². The van der Waals surface area contributed by atoms with Crippen molar-refractivity contribution in [2.75, 3.05) is 43.9 Å². The molecule has 0 unspecified atom stereocenters. The third-order valence-corrected chi connectivity index (χ3v) is 6.44. The summed E-state index contributed by atoms with van der Waals surface area (Å²) in [6.07, 6.45) is 3.35. The monoisotopic (exact) mass is 469 g/mol. The number of carbonyl (C=O) groups excluding carboxylic acids is 1. The van der Waals surface area contributed by atoms with Gasteiger partial charge in [-0.2, -0.15) is 0 Å². The standard InChI is InChI=1S/C27H27N5O3/c1-31-11-13-32(14-12-31)17-18-4-7-21(8-5-18)29-25(20-3-2-10-28-16-20)24-22-15-19(27(34)35)6-9-23(22)30-26(24)33/h2-10,15-16,29H,11-14,17H2,1H3,(H,30,33)(H,34,35). The van der Waals surface area contributed by atoms with Gasteiger partial charge in [0.05, 0.1) is 16.8 Å². The molecule has 5 rings (SSSR count). The van der Waals surface area contributed by atoms with Crippen LogP contribution in [-0.2, 0) is 11.3 Å². The minimum atomic E-state index is -1.04. The highest BCUT2D eigenvalue weighted by Gasteiger charge is 2.29. The normalized spacial score (nSPS) is 17.6. The number of rotatable bonds is 6. The van der Waals surface area contributed by atoms with Crippen molar-refractivity contribution in [2.24, 2.45) is 0 Å². The largest absolute Gasteiger partial charge is 0.478 e. The maximum Gasteiger partial charge on any atom is 0.335 e. The van der Waals surface area contributed by atoms with Gasteiger partial charge in [-0.05, 0) is 55.1 Å². The predicted molar refractivity (Wildman–Crippen MR) is 136 cm³/mol. The number of amides is 1. The third-order valence-electron chi connectivity index (χ3n) is 6.44. The molecule has 0 spiro atoms. The lowest BCUT2D eigenvalue weighted by molar-refractivity contribution is -0.110. The number of hydrogen-bond acceptors (Lipinski definition) is 6. The van der Waals surface area contributed by atoms with Crippen molar-refractivity contribution < 1.29 is 14.7 Å². The number of carbonyl (C=O) groups is 2. The molecule has 8 heteroatoms. The summed E-state index contributed by atoms with van der Waals surface area (Å²) < 4.78 is 0. The molecule has 2 aliphatic rings. The number of pyridine rings is 1. The number of piperazine rings is 1. The molecule has 0 aliphatic carbocycles. The SMILES string of the molecule is CN1CCN(Cc2ccc(NC(=C3C(=O)Nc4ccc(C(=O)O)cc43)c3cccnc3)cc2)CC1. The number of carboxylic acid groups (broad SMARTS) is 1. The molecular weight excluding hydrogens is 442 g/mol. The number of aromatic nitrogens is 1. The van der Waals surface area contributed by atoms with E-state index in [2.05, 4.69) is 44.6 Å². The lowest BCUT2D eigenvalue weighted by Crippen LogP contribution is -2.43. The van der Waals surface area contributed by atoms with E-state index in [1.54, 1.807) is 24.5 Å². The van der Waals surface area contributed by atoms with Crippen molar-refractivity contribution in [3.8, 4) is 0 Å². The van der Waals surface area contributed by atoms with Crippen LogP contribution in [-0.4, -0.2) is 65.0 Å². The summed E-state index contributed by atoms with van der Waals surface area (Å²) in [6.45, 7) is 5.17. The van der Waals surface area contributed by atoms with Gasteiger partial charge < -0.3 is 20.6 Å². The highest BCUT2D eigenvalue weighted by atomic mass is 16.4. The number of nitrogens with one attached hydrogen (secondary N) is 2. The van der Waals surface area contributed by atoms with Gasteiger partial charge in [0, 0.05) is 67.6 Å². The Morgan fingerprint density at radius 3 is 2.51 bits per heavy atom. The molecule has 3 aromatic rings. The number of fused-ring (bicyclic) bond motifs is 1. The first-order chi connectivity index (χ1) is 17.0. The van der Waals surface area contributed by atoms with Gasteiger partial charge in [0.2, 0.25) is 0 Å². The Kier molecular flexibility index (Phi) is 6.31. The maximum atomic E-state index is 13.0. The Morgan fingerprint density at radius 2 is 1.83 bits per heavy atom. The van der Waals surface area contributed by atoms with Crippen molar-refractivity contribution >= 4 is 34.5 Å². The summed E-state index contributed by atoms with van der Waals surface area (Å²) >= 11 is 0. The molecule has 8 nitrogen and oxygen atoms in total. The minimum Gasteiger partial charge on any atom is -0.478 e. The Hall–Kier alpha value is -4.01. The van der Waals surface area contributed by atoms with Gasteiger partial charge in [0.15, 0.2) is 0 Å². The second-order valence-corrected chi connectivity index (χ2v) is 8.91. The number of anilines is 2. The number of carboxylic acids is 1. The Bertz CT molecular complexity index is 1280. The molecule has 3 heterocycles. The van der Waals surface area contributed by atoms with Crippen LogP contribution in [0.15, 0.2) is 67.0 Å². The van der Waals surface area contributed by atoms with Crippen molar-refractivity contribution in [1.29, 1.82) is 0 Å². The molecule has 2 aromatic carbocycles. The van der Waals surface area contributed by atoms with Gasteiger partial charge in [-0.15, -0.1) is 0 Å². The Balaban J connectivity index is 1.47. The van der Waals surface area contributed by atoms with E-state index in [1.807, 2.05) is 18.2 Å². The first kappa shape index (κ1) is 22.8. The molecule has 178 valence electrons. The van der Waals surface area contributed by atoms with Crippen LogP contribution < -0.4 is 10.6 Å². The van der Waals surface area contributed by atoms with Crippen molar-refractivity contribution in [3.05, 3.63) is 89.2 Å². The molecule has 0 radical (unpaired) electrons. The topological polar surface area (TPSA) is 97.8 Å². The van der Waals surface area contributed by atoms with Gasteiger partial charge in [0.1, 0.15) is 0 Å². The predicted octanol–water partition coefficient (Wildman–Crippen LogP) is 3.46. The lowest BCUT2D eigenvalue weighted by atomic mass is 9.99. The quantitative estimate of drug-likeness (QED) is 0.476. The summed E-state index contributed by atoms with van der Waals surface area (Å²) in [5, 5.41) is 15.7. The summed E-state index contributed by atoms with van der Waals surface area (Å²) in [5.74, 6) is -1.33. The smallest absolute Gasteiger partial charge is 0.335 e. The van der Waals surface area contributed by atoms with Gasteiger partial charge >= 0.3 is 5.97 Å². The Labute approximate surface area is 203 Å². The van der Waals surface area contributed by atoms with E-state index in [0.717, 1.165) is 44.0 Å². The van der Waals surface area contributed by atoms with Crippen LogP contribution in [0.4, 0.5) is 11.4 Å². The maximum absolute atomic E-state index is 13.0. The second-order valence-electron chi connectivity index (χ2n) is 8.91. The van der Waals surface area contributed by atoms with E-state index < -0.39 is 5.97 Å². The van der Waals surface area contributed by atoms with E-state index in [4.69, 9.17) is 0 Å². The summed E-state index contributed by atoms with van der Waals surface area (Å²) in [5.41, 5.74) is 5.00. The van der Waals surface area contributed by atoms with Gasteiger partial charge in [-0.1, -0.05) is 12.1 Å². The van der Waals surface area contributed by atoms with Crippen LogP contribution in [0.25, 0.3) is 11.3 Å². The molecule has 2 aliphatic heterocycles. The molecule has 0 bridgehead atoms. The van der Waals surface area contributed by atoms with E-state index in [-0.39, 0.29) is 11.5 Å². The molecule has 1 amide bonds.